The van der Waals surface area contributed by atoms with Gasteiger partial charge in [0.15, 0.2) is 0 Å². The Kier molecular flexibility index (Phi) is 6.49. The number of thiol groups is 1. The van der Waals surface area contributed by atoms with Crippen LogP contribution in [0.25, 0.3) is 0 Å². The maximum Gasteiger partial charge on any atom is 0.225 e. The number of halogens is 1. The van der Waals surface area contributed by atoms with Crippen LogP contribution in [0.4, 0.5) is 5.69 Å². The molecule has 2 atom stereocenters. The third kappa shape index (κ3) is 4.49. The van der Waals surface area contributed by atoms with E-state index in [0.29, 0.717) is 11.3 Å². The van der Waals surface area contributed by atoms with Crippen LogP contribution in [-0.2, 0) is 4.79 Å². The Morgan fingerprint density at radius 3 is 2.44 bits per heavy atom. The topological polar surface area (TPSA) is 69.6 Å². The fourth-order valence-corrected chi connectivity index (χ4v) is 1.77. The molecule has 3 N–H and O–H groups in total. The lowest BCUT2D eigenvalue weighted by atomic mass is 10.1. The van der Waals surface area contributed by atoms with Gasteiger partial charge in [-0.3, -0.25) is 4.79 Å². The van der Waals surface area contributed by atoms with Gasteiger partial charge in [0.1, 0.15) is 6.10 Å². The molecule has 1 amide bonds. The van der Waals surface area contributed by atoms with Crippen LogP contribution < -0.4 is 5.32 Å². The van der Waals surface area contributed by atoms with Gasteiger partial charge in [-0.05, 0) is 17.7 Å². The number of alkyl halides is 1. The maximum atomic E-state index is 11.3. The van der Waals surface area contributed by atoms with Crippen LogP contribution in [0.5, 0.6) is 0 Å². The van der Waals surface area contributed by atoms with Gasteiger partial charge in [-0.2, -0.15) is 12.6 Å². The summed E-state index contributed by atoms with van der Waals surface area (Å²) >= 11 is 9.37. The van der Waals surface area contributed by atoms with Gasteiger partial charge in [-0.15, -0.1) is 11.6 Å². The number of rotatable bonds is 6. The summed E-state index contributed by atoms with van der Waals surface area (Å²) in [5.74, 6) is 0.292. The average Bonchev–Trinajstić information content (AvgIpc) is 2.38. The van der Waals surface area contributed by atoms with Gasteiger partial charge < -0.3 is 15.5 Å². The van der Waals surface area contributed by atoms with Crippen LogP contribution in [0.15, 0.2) is 24.3 Å². The van der Waals surface area contributed by atoms with Gasteiger partial charge in [-0.25, -0.2) is 0 Å². The second-order valence-corrected chi connectivity index (χ2v) is 4.55. The van der Waals surface area contributed by atoms with Crippen LogP contribution in [0.3, 0.4) is 0 Å². The van der Waals surface area contributed by atoms with Crippen molar-refractivity contribution in [3.05, 3.63) is 29.8 Å². The molecular weight excluding hydrogens is 274 g/mol. The second kappa shape index (κ2) is 7.63. The largest absolute Gasteiger partial charge is 0.389 e. The van der Waals surface area contributed by atoms with Gasteiger partial charge in [0.25, 0.3) is 0 Å². The van der Waals surface area contributed by atoms with Gasteiger partial charge in [0.05, 0.1) is 6.10 Å². The molecule has 1 aromatic carbocycles. The Labute approximate surface area is 116 Å². The first kappa shape index (κ1) is 15.3. The van der Waals surface area contributed by atoms with E-state index in [9.17, 15) is 15.0 Å². The molecule has 4 nitrogen and oxygen atoms in total. The quantitative estimate of drug-likeness (QED) is 0.475. The van der Waals surface area contributed by atoms with E-state index in [4.69, 9.17) is 11.6 Å². The smallest absolute Gasteiger partial charge is 0.225 e. The summed E-state index contributed by atoms with van der Waals surface area (Å²) in [6, 6.07) is 6.62. The van der Waals surface area contributed by atoms with Crippen molar-refractivity contribution in [3.8, 4) is 0 Å². The van der Waals surface area contributed by atoms with Gasteiger partial charge in [-0.1, -0.05) is 12.1 Å². The summed E-state index contributed by atoms with van der Waals surface area (Å²) in [4.78, 5) is 11.3. The SMILES string of the molecule is O=C(CCCl)Nc1ccc(C(O)C(O)CS)cc1. The van der Waals surface area contributed by atoms with Crippen molar-refractivity contribution in [1.82, 2.24) is 0 Å². The lowest BCUT2D eigenvalue weighted by Crippen LogP contribution is -2.19. The number of amides is 1. The van der Waals surface area contributed by atoms with E-state index in [1.807, 2.05) is 0 Å². The molecule has 0 saturated heterocycles. The van der Waals surface area contributed by atoms with Crippen molar-refractivity contribution in [2.75, 3.05) is 16.9 Å². The number of hydrogen-bond acceptors (Lipinski definition) is 4. The van der Waals surface area contributed by atoms with Crippen molar-refractivity contribution in [3.63, 3.8) is 0 Å². The van der Waals surface area contributed by atoms with Crippen molar-refractivity contribution in [2.24, 2.45) is 0 Å². The molecule has 0 saturated carbocycles. The second-order valence-electron chi connectivity index (χ2n) is 3.80. The molecule has 1 aromatic rings. The summed E-state index contributed by atoms with van der Waals surface area (Å²) in [6.07, 6.45) is -1.63. The summed E-state index contributed by atoms with van der Waals surface area (Å²) in [7, 11) is 0. The standard InChI is InChI=1S/C12H16ClNO3S/c13-6-5-11(16)14-9-3-1-8(2-4-9)12(17)10(15)7-18/h1-4,10,12,15,17-18H,5-7H2,(H,14,16). The molecule has 0 spiro atoms. The van der Waals surface area contributed by atoms with Crippen LogP contribution >= 0.6 is 24.2 Å². The number of carbonyl (C=O) groups excluding carboxylic acids is 1. The molecule has 100 valence electrons. The zero-order valence-corrected chi connectivity index (χ0v) is 11.4. The first-order chi connectivity index (χ1) is 8.58. The van der Waals surface area contributed by atoms with Crippen molar-refractivity contribution in [2.45, 2.75) is 18.6 Å². The van der Waals surface area contributed by atoms with Crippen molar-refractivity contribution in [1.29, 1.82) is 0 Å². The molecule has 2 unspecified atom stereocenters. The molecule has 0 aliphatic heterocycles. The number of anilines is 1. The maximum absolute atomic E-state index is 11.3. The Morgan fingerprint density at radius 2 is 1.94 bits per heavy atom. The lowest BCUT2D eigenvalue weighted by Gasteiger charge is -2.16. The average molecular weight is 290 g/mol. The van der Waals surface area contributed by atoms with Crippen LogP contribution in [-0.4, -0.2) is 33.9 Å². The molecule has 18 heavy (non-hydrogen) atoms. The predicted octanol–water partition coefficient (Wildman–Crippen LogP) is 1.58. The van der Waals surface area contributed by atoms with Crippen LogP contribution in [0, 0.1) is 0 Å². The number of benzene rings is 1. The van der Waals surface area contributed by atoms with Crippen LogP contribution in [0.1, 0.15) is 18.1 Å². The highest BCUT2D eigenvalue weighted by Crippen LogP contribution is 2.20. The minimum Gasteiger partial charge on any atom is -0.389 e. The molecule has 0 aliphatic carbocycles. The van der Waals surface area contributed by atoms with E-state index in [-0.39, 0.29) is 24.0 Å². The molecular formula is C12H16ClNO3S. The number of nitrogens with one attached hydrogen (secondary N) is 1. The number of aliphatic hydroxyl groups excluding tert-OH is 2. The number of aliphatic hydroxyl groups is 2. The third-order valence-corrected chi connectivity index (χ3v) is 2.97. The molecule has 0 bridgehead atoms. The first-order valence-electron chi connectivity index (χ1n) is 5.51. The Hall–Kier alpha value is -0.750. The van der Waals surface area contributed by atoms with E-state index >= 15 is 0 Å². The molecule has 6 heteroatoms. The van der Waals surface area contributed by atoms with Crippen LogP contribution in [0.2, 0.25) is 0 Å². The zero-order chi connectivity index (χ0) is 13.5. The van der Waals surface area contributed by atoms with E-state index < -0.39 is 12.2 Å². The molecule has 0 aromatic heterocycles. The highest BCUT2D eigenvalue weighted by molar-refractivity contribution is 7.80. The normalized spacial score (nSPS) is 14.0. The lowest BCUT2D eigenvalue weighted by molar-refractivity contribution is -0.115. The first-order valence-corrected chi connectivity index (χ1v) is 6.68. The van der Waals surface area contributed by atoms with Crippen molar-refractivity contribution >= 4 is 35.8 Å². The highest BCUT2D eigenvalue weighted by Gasteiger charge is 2.16. The van der Waals surface area contributed by atoms with Crippen molar-refractivity contribution < 1.29 is 15.0 Å². The third-order valence-electron chi connectivity index (χ3n) is 2.41. The Morgan fingerprint density at radius 1 is 1.33 bits per heavy atom. The summed E-state index contributed by atoms with van der Waals surface area (Å²) in [5, 5.41) is 21.9. The molecule has 1 rings (SSSR count). The molecule has 0 radical (unpaired) electrons. The monoisotopic (exact) mass is 289 g/mol. The molecule has 0 fully saturated rings. The van der Waals surface area contributed by atoms with E-state index in [1.54, 1.807) is 24.3 Å². The van der Waals surface area contributed by atoms with Gasteiger partial charge in [0.2, 0.25) is 5.91 Å². The zero-order valence-electron chi connectivity index (χ0n) is 9.71. The summed E-state index contributed by atoms with van der Waals surface area (Å²) in [5.41, 5.74) is 1.20. The Balaban J connectivity index is 2.65. The molecule has 0 aliphatic rings. The van der Waals surface area contributed by atoms with Gasteiger partial charge >= 0.3 is 0 Å². The summed E-state index contributed by atoms with van der Waals surface area (Å²) in [6.45, 7) is 0. The fraction of sp³-hybridized carbons (Fsp3) is 0.417. The van der Waals surface area contributed by atoms with E-state index in [1.165, 1.54) is 0 Å². The number of hydrogen-bond donors (Lipinski definition) is 4. The predicted molar refractivity (Wildman–Crippen MR) is 75.2 cm³/mol. The summed E-state index contributed by atoms with van der Waals surface area (Å²) < 4.78 is 0. The number of carbonyl (C=O) groups is 1. The molecule has 0 heterocycles. The minimum atomic E-state index is -0.977. The Bertz CT molecular complexity index is 385. The fourth-order valence-electron chi connectivity index (χ4n) is 1.39. The minimum absolute atomic E-state index is 0.159. The van der Waals surface area contributed by atoms with Gasteiger partial charge in [0, 0.05) is 23.7 Å². The van der Waals surface area contributed by atoms with E-state index in [0.717, 1.165) is 0 Å². The highest BCUT2D eigenvalue weighted by atomic mass is 35.5. The van der Waals surface area contributed by atoms with E-state index in [2.05, 4.69) is 17.9 Å².